The molecular weight excluding hydrogens is 280 g/mol. The number of para-hydroxylation sites is 1. The van der Waals surface area contributed by atoms with Crippen molar-refractivity contribution in [2.45, 2.75) is 18.9 Å². The van der Waals surface area contributed by atoms with E-state index in [1.807, 2.05) is 18.2 Å². The molecule has 1 unspecified atom stereocenters. The van der Waals surface area contributed by atoms with Crippen LogP contribution in [-0.2, 0) is 0 Å². The third kappa shape index (κ3) is 2.87. The van der Waals surface area contributed by atoms with Gasteiger partial charge in [-0.1, -0.05) is 12.1 Å². The molecule has 22 heavy (non-hydrogen) atoms. The molecule has 1 aromatic carbocycles. The third-order valence-electron chi connectivity index (χ3n) is 4.02. The average Bonchev–Trinajstić information content (AvgIpc) is 2.93. The molecule has 1 aromatic heterocycles. The van der Waals surface area contributed by atoms with Crippen LogP contribution in [0, 0.1) is 0 Å². The topological polar surface area (TPSA) is 76.4 Å². The van der Waals surface area contributed by atoms with Crippen LogP contribution in [0.2, 0.25) is 0 Å². The molecule has 6 nitrogen and oxygen atoms in total. The summed E-state index contributed by atoms with van der Waals surface area (Å²) >= 11 is 0. The molecule has 0 radical (unpaired) electrons. The number of ether oxygens (including phenoxy) is 2. The van der Waals surface area contributed by atoms with Crippen molar-refractivity contribution >= 4 is 5.82 Å². The van der Waals surface area contributed by atoms with Crippen molar-refractivity contribution in [2.75, 3.05) is 33.0 Å². The minimum absolute atomic E-state index is 0.155. The smallest absolute Gasteiger partial charge is 0.169 e. The van der Waals surface area contributed by atoms with Gasteiger partial charge in [0.2, 0.25) is 0 Å². The number of benzene rings is 1. The zero-order valence-electron chi connectivity index (χ0n) is 13.0. The van der Waals surface area contributed by atoms with E-state index in [1.54, 1.807) is 13.3 Å². The number of hydrogen-bond acceptors (Lipinski definition) is 5. The highest BCUT2D eigenvalue weighted by atomic mass is 16.5. The first-order chi connectivity index (χ1) is 10.7. The van der Waals surface area contributed by atoms with Crippen molar-refractivity contribution in [2.24, 2.45) is 0 Å². The van der Waals surface area contributed by atoms with Crippen LogP contribution in [-0.4, -0.2) is 48.4 Å². The van der Waals surface area contributed by atoms with E-state index in [0.717, 1.165) is 42.8 Å². The van der Waals surface area contributed by atoms with Crippen molar-refractivity contribution < 1.29 is 9.47 Å². The lowest BCUT2D eigenvalue weighted by Crippen LogP contribution is -2.38. The molecule has 0 saturated carbocycles. The Morgan fingerprint density at radius 3 is 2.91 bits per heavy atom. The molecule has 0 amide bonds. The zero-order chi connectivity index (χ0) is 15.5. The van der Waals surface area contributed by atoms with Gasteiger partial charge in [0.05, 0.1) is 13.3 Å². The molecule has 3 N–H and O–H groups in total. The molecular formula is C16H22N4O2. The summed E-state index contributed by atoms with van der Waals surface area (Å²) < 4.78 is 11.8. The van der Waals surface area contributed by atoms with Gasteiger partial charge in [-0.15, -0.1) is 0 Å². The fraction of sp³-hybridized carbons (Fsp3) is 0.438. The maximum atomic E-state index is 6.29. The second kappa shape index (κ2) is 6.27. The number of anilines is 1. The van der Waals surface area contributed by atoms with Gasteiger partial charge in [-0.2, -0.15) is 5.10 Å². The molecule has 2 heterocycles. The summed E-state index contributed by atoms with van der Waals surface area (Å²) in [5, 5.41) is 6.76. The van der Waals surface area contributed by atoms with Crippen LogP contribution >= 0.6 is 0 Å². The minimum atomic E-state index is 0.155. The Kier molecular flexibility index (Phi) is 4.20. The van der Waals surface area contributed by atoms with Crippen molar-refractivity contribution in [3.63, 3.8) is 0 Å². The number of rotatable bonds is 4. The van der Waals surface area contributed by atoms with E-state index in [2.05, 4.69) is 22.1 Å². The monoisotopic (exact) mass is 302 g/mol. The first-order valence-corrected chi connectivity index (χ1v) is 7.50. The molecule has 118 valence electrons. The molecule has 6 heteroatoms. The molecule has 3 rings (SSSR count). The number of aromatic nitrogens is 2. The van der Waals surface area contributed by atoms with Crippen LogP contribution in [0.3, 0.4) is 0 Å². The van der Waals surface area contributed by atoms with Gasteiger partial charge in [0.15, 0.2) is 11.5 Å². The summed E-state index contributed by atoms with van der Waals surface area (Å²) in [5.41, 5.74) is 7.70. The molecule has 1 saturated heterocycles. The highest BCUT2D eigenvalue weighted by molar-refractivity contribution is 5.80. The number of nitrogen functional groups attached to an aromatic ring is 1. The lowest BCUT2D eigenvalue weighted by Gasteiger charge is -2.31. The number of likely N-dealkylation sites (tertiary alicyclic amines) is 1. The summed E-state index contributed by atoms with van der Waals surface area (Å²) in [6.45, 7) is 2.03. The zero-order valence-corrected chi connectivity index (χ0v) is 13.0. The van der Waals surface area contributed by atoms with E-state index in [4.69, 9.17) is 15.2 Å². The van der Waals surface area contributed by atoms with Crippen LogP contribution in [0.25, 0.3) is 11.1 Å². The number of piperidine rings is 1. The van der Waals surface area contributed by atoms with Crippen molar-refractivity contribution in [3.05, 3.63) is 24.4 Å². The normalized spacial score (nSPS) is 19.1. The Hall–Kier alpha value is -2.21. The first-order valence-electron chi connectivity index (χ1n) is 7.50. The number of H-pyrrole nitrogens is 1. The standard InChI is InChI=1S/C16H22N4O2/c1-20-8-4-5-11(10-20)22-15-12(6-3-7-14(15)21-2)13-9-18-19-16(13)17/h3,6-7,9,11H,4-5,8,10H2,1-2H3,(H3,17,18,19). The average molecular weight is 302 g/mol. The number of methoxy groups -OCH3 is 1. The summed E-state index contributed by atoms with van der Waals surface area (Å²) in [6, 6.07) is 5.81. The highest BCUT2D eigenvalue weighted by Gasteiger charge is 2.23. The van der Waals surface area contributed by atoms with Crippen molar-refractivity contribution in [1.82, 2.24) is 15.1 Å². The predicted octanol–water partition coefficient (Wildman–Crippen LogP) is 2.14. The van der Waals surface area contributed by atoms with Gasteiger partial charge in [0, 0.05) is 17.7 Å². The van der Waals surface area contributed by atoms with E-state index < -0.39 is 0 Å². The molecule has 1 aliphatic heterocycles. The number of aromatic amines is 1. The number of hydrogen-bond donors (Lipinski definition) is 2. The molecule has 1 fully saturated rings. The highest BCUT2D eigenvalue weighted by Crippen LogP contribution is 2.40. The Labute approximate surface area is 130 Å². The van der Waals surface area contributed by atoms with Crippen LogP contribution < -0.4 is 15.2 Å². The molecule has 1 aliphatic rings. The minimum Gasteiger partial charge on any atom is -0.493 e. The molecule has 2 aromatic rings. The fourth-order valence-corrected chi connectivity index (χ4v) is 2.90. The maximum absolute atomic E-state index is 6.29. The van der Waals surface area contributed by atoms with Crippen molar-refractivity contribution in [1.29, 1.82) is 0 Å². The number of nitrogens with zero attached hydrogens (tertiary/aromatic N) is 2. The number of nitrogens with one attached hydrogen (secondary N) is 1. The summed E-state index contributed by atoms with van der Waals surface area (Å²) in [6.07, 6.45) is 4.05. The van der Waals surface area contributed by atoms with E-state index in [1.165, 1.54) is 0 Å². The van der Waals surface area contributed by atoms with Gasteiger partial charge in [-0.3, -0.25) is 5.10 Å². The van der Waals surface area contributed by atoms with Crippen LogP contribution in [0.1, 0.15) is 12.8 Å². The predicted molar refractivity (Wildman–Crippen MR) is 86.1 cm³/mol. The number of nitrogens with two attached hydrogens (primary N) is 1. The Morgan fingerprint density at radius 1 is 1.36 bits per heavy atom. The Balaban J connectivity index is 1.96. The summed E-state index contributed by atoms with van der Waals surface area (Å²) in [4.78, 5) is 2.29. The van der Waals surface area contributed by atoms with Crippen LogP contribution in [0.5, 0.6) is 11.5 Å². The van der Waals surface area contributed by atoms with Gasteiger partial charge >= 0.3 is 0 Å². The van der Waals surface area contributed by atoms with E-state index >= 15 is 0 Å². The van der Waals surface area contributed by atoms with Crippen LogP contribution in [0.4, 0.5) is 5.82 Å². The molecule has 0 aliphatic carbocycles. The third-order valence-corrected chi connectivity index (χ3v) is 4.02. The van der Waals surface area contributed by atoms with Gasteiger partial charge in [-0.25, -0.2) is 0 Å². The number of likely N-dealkylation sites (N-methyl/N-ethyl adjacent to an activating group) is 1. The summed E-state index contributed by atoms with van der Waals surface area (Å²) in [7, 11) is 3.77. The first kappa shape index (κ1) is 14.7. The SMILES string of the molecule is COc1cccc(-c2cn[nH]c2N)c1OC1CCCN(C)C1. The van der Waals surface area contributed by atoms with Crippen LogP contribution in [0.15, 0.2) is 24.4 Å². The van der Waals surface area contributed by atoms with E-state index in [0.29, 0.717) is 11.6 Å². The van der Waals surface area contributed by atoms with Gasteiger partial charge in [-0.05, 0) is 32.5 Å². The molecule has 1 atom stereocenters. The summed E-state index contributed by atoms with van der Waals surface area (Å²) in [5.74, 6) is 1.98. The maximum Gasteiger partial charge on any atom is 0.169 e. The Bertz CT molecular complexity index is 641. The largest absolute Gasteiger partial charge is 0.493 e. The van der Waals surface area contributed by atoms with E-state index in [9.17, 15) is 0 Å². The fourth-order valence-electron chi connectivity index (χ4n) is 2.90. The van der Waals surface area contributed by atoms with E-state index in [-0.39, 0.29) is 6.10 Å². The lowest BCUT2D eigenvalue weighted by molar-refractivity contribution is 0.102. The quantitative estimate of drug-likeness (QED) is 0.905. The Morgan fingerprint density at radius 2 is 2.23 bits per heavy atom. The second-order valence-corrected chi connectivity index (χ2v) is 5.68. The molecule has 0 spiro atoms. The molecule has 0 bridgehead atoms. The van der Waals surface area contributed by atoms with Gasteiger partial charge in [0.25, 0.3) is 0 Å². The van der Waals surface area contributed by atoms with Crippen molar-refractivity contribution in [3.8, 4) is 22.6 Å². The van der Waals surface area contributed by atoms with Gasteiger partial charge < -0.3 is 20.1 Å². The second-order valence-electron chi connectivity index (χ2n) is 5.68. The van der Waals surface area contributed by atoms with Gasteiger partial charge in [0.1, 0.15) is 11.9 Å². The lowest BCUT2D eigenvalue weighted by atomic mass is 10.1.